The molecule has 0 saturated heterocycles. The topological polar surface area (TPSA) is 24.1 Å². The van der Waals surface area contributed by atoms with Crippen LogP contribution in [-0.4, -0.2) is 13.1 Å². The molecule has 106 valence electrons. The Hall–Kier alpha value is -1.67. The minimum atomic E-state index is 0.803. The second kappa shape index (κ2) is 6.67. The third-order valence-corrected chi connectivity index (χ3v) is 4.04. The van der Waals surface area contributed by atoms with Crippen molar-refractivity contribution in [1.29, 1.82) is 0 Å². The van der Waals surface area contributed by atoms with Crippen LogP contribution in [0.5, 0.6) is 0 Å². The van der Waals surface area contributed by atoms with Crippen molar-refractivity contribution >= 4 is 23.0 Å². The third-order valence-electron chi connectivity index (χ3n) is 3.63. The van der Waals surface area contributed by atoms with Gasteiger partial charge in [-0.05, 0) is 55.7 Å². The lowest BCUT2D eigenvalue weighted by molar-refractivity contribution is 1.07. The van der Waals surface area contributed by atoms with Gasteiger partial charge < -0.3 is 10.6 Å². The van der Waals surface area contributed by atoms with Crippen molar-refractivity contribution in [2.24, 2.45) is 0 Å². The van der Waals surface area contributed by atoms with E-state index >= 15 is 0 Å². The Morgan fingerprint density at radius 1 is 0.800 bits per heavy atom. The van der Waals surface area contributed by atoms with E-state index in [2.05, 4.69) is 48.7 Å². The SMILES string of the molecule is Cc1cccc(NCCNc2cccc(Cl)c2C)c1C. The second-order valence-electron chi connectivity index (χ2n) is 5.01. The molecule has 0 amide bonds. The Balaban J connectivity index is 1.88. The summed E-state index contributed by atoms with van der Waals surface area (Å²) in [5.41, 5.74) is 6.02. The maximum absolute atomic E-state index is 6.11. The molecule has 2 N–H and O–H groups in total. The minimum absolute atomic E-state index is 0.803. The Morgan fingerprint density at radius 3 is 2.00 bits per heavy atom. The molecule has 0 saturated carbocycles. The van der Waals surface area contributed by atoms with Gasteiger partial charge >= 0.3 is 0 Å². The summed E-state index contributed by atoms with van der Waals surface area (Å²) in [6.45, 7) is 8.04. The van der Waals surface area contributed by atoms with E-state index in [0.29, 0.717) is 0 Å². The lowest BCUT2D eigenvalue weighted by Crippen LogP contribution is -2.14. The van der Waals surface area contributed by atoms with Crippen molar-refractivity contribution in [2.45, 2.75) is 20.8 Å². The zero-order valence-corrected chi connectivity index (χ0v) is 13.0. The number of anilines is 2. The van der Waals surface area contributed by atoms with Gasteiger partial charge in [-0.3, -0.25) is 0 Å². The molecule has 2 nitrogen and oxygen atoms in total. The van der Waals surface area contributed by atoms with E-state index in [0.717, 1.165) is 29.4 Å². The Bertz CT molecular complexity index is 540. The molecule has 0 unspecified atom stereocenters. The predicted octanol–water partition coefficient (Wildman–Crippen LogP) is 4.79. The van der Waals surface area contributed by atoms with E-state index in [-0.39, 0.29) is 0 Å². The highest BCUT2D eigenvalue weighted by atomic mass is 35.5. The molecule has 0 aliphatic carbocycles. The maximum atomic E-state index is 6.11. The summed E-state index contributed by atoms with van der Waals surface area (Å²) in [5, 5.41) is 7.68. The standard InChI is InChI=1S/C17H21ClN2/c1-12-6-4-8-16(13(12)2)19-10-11-20-17-9-5-7-15(18)14(17)3/h4-9,19-20H,10-11H2,1-3H3. The average molecular weight is 289 g/mol. The van der Waals surface area contributed by atoms with E-state index < -0.39 is 0 Å². The summed E-state index contributed by atoms with van der Waals surface area (Å²) < 4.78 is 0. The van der Waals surface area contributed by atoms with Crippen LogP contribution in [0.2, 0.25) is 5.02 Å². The van der Waals surface area contributed by atoms with Gasteiger partial charge in [-0.2, -0.15) is 0 Å². The molecular formula is C17H21ClN2. The Labute approximate surface area is 126 Å². The lowest BCUT2D eigenvalue weighted by atomic mass is 10.1. The fraction of sp³-hybridized carbons (Fsp3) is 0.294. The molecule has 0 aliphatic heterocycles. The van der Waals surface area contributed by atoms with Gasteiger partial charge in [-0.1, -0.05) is 29.8 Å². The number of aryl methyl sites for hydroxylation is 1. The van der Waals surface area contributed by atoms with Crippen LogP contribution in [0.3, 0.4) is 0 Å². The molecule has 0 radical (unpaired) electrons. The van der Waals surface area contributed by atoms with Crippen LogP contribution in [-0.2, 0) is 0 Å². The van der Waals surface area contributed by atoms with Gasteiger partial charge in [0, 0.05) is 29.5 Å². The van der Waals surface area contributed by atoms with Gasteiger partial charge in [0.25, 0.3) is 0 Å². The quantitative estimate of drug-likeness (QED) is 0.773. The average Bonchev–Trinajstić information content (AvgIpc) is 2.43. The summed E-state index contributed by atoms with van der Waals surface area (Å²) in [7, 11) is 0. The van der Waals surface area contributed by atoms with Crippen LogP contribution in [0.1, 0.15) is 16.7 Å². The van der Waals surface area contributed by atoms with Crippen LogP contribution >= 0.6 is 11.6 Å². The van der Waals surface area contributed by atoms with E-state index in [1.165, 1.54) is 16.8 Å². The number of benzene rings is 2. The third kappa shape index (κ3) is 3.45. The van der Waals surface area contributed by atoms with Gasteiger partial charge in [0.05, 0.1) is 0 Å². The molecule has 0 aromatic heterocycles. The first-order valence-corrected chi connectivity index (χ1v) is 7.26. The number of hydrogen-bond acceptors (Lipinski definition) is 2. The Kier molecular flexibility index (Phi) is 4.91. The highest BCUT2D eigenvalue weighted by molar-refractivity contribution is 6.31. The summed E-state index contributed by atoms with van der Waals surface area (Å²) in [6, 6.07) is 12.3. The van der Waals surface area contributed by atoms with E-state index in [1.54, 1.807) is 0 Å². The van der Waals surface area contributed by atoms with Gasteiger partial charge in [0.15, 0.2) is 0 Å². The monoisotopic (exact) mass is 288 g/mol. The Morgan fingerprint density at radius 2 is 1.35 bits per heavy atom. The van der Waals surface area contributed by atoms with E-state index in [1.807, 2.05) is 19.1 Å². The van der Waals surface area contributed by atoms with Crippen molar-refractivity contribution in [1.82, 2.24) is 0 Å². The molecule has 0 bridgehead atoms. The smallest absolute Gasteiger partial charge is 0.0455 e. The summed E-state index contributed by atoms with van der Waals surface area (Å²) in [5.74, 6) is 0. The largest absolute Gasteiger partial charge is 0.383 e. The highest BCUT2D eigenvalue weighted by Gasteiger charge is 2.02. The summed E-state index contributed by atoms with van der Waals surface area (Å²) >= 11 is 6.11. The number of rotatable bonds is 5. The van der Waals surface area contributed by atoms with Crippen molar-refractivity contribution in [2.75, 3.05) is 23.7 Å². The van der Waals surface area contributed by atoms with Crippen LogP contribution < -0.4 is 10.6 Å². The fourth-order valence-corrected chi connectivity index (χ4v) is 2.31. The lowest BCUT2D eigenvalue weighted by Gasteiger charge is -2.14. The van der Waals surface area contributed by atoms with Gasteiger partial charge in [0.2, 0.25) is 0 Å². The minimum Gasteiger partial charge on any atom is -0.383 e. The van der Waals surface area contributed by atoms with Gasteiger partial charge in [-0.15, -0.1) is 0 Å². The molecule has 2 aromatic rings. The molecule has 3 heteroatoms. The normalized spacial score (nSPS) is 10.4. The zero-order chi connectivity index (χ0) is 14.5. The summed E-state index contributed by atoms with van der Waals surface area (Å²) in [4.78, 5) is 0. The second-order valence-corrected chi connectivity index (χ2v) is 5.42. The molecule has 2 aromatic carbocycles. The molecule has 0 fully saturated rings. The first kappa shape index (κ1) is 14.7. The molecule has 0 atom stereocenters. The van der Waals surface area contributed by atoms with Crippen LogP contribution in [0, 0.1) is 20.8 Å². The fourth-order valence-electron chi connectivity index (χ4n) is 2.14. The van der Waals surface area contributed by atoms with Gasteiger partial charge in [-0.25, -0.2) is 0 Å². The molecule has 20 heavy (non-hydrogen) atoms. The molecular weight excluding hydrogens is 268 g/mol. The maximum Gasteiger partial charge on any atom is 0.0455 e. The summed E-state index contributed by atoms with van der Waals surface area (Å²) in [6.07, 6.45) is 0. The van der Waals surface area contributed by atoms with Crippen molar-refractivity contribution in [3.8, 4) is 0 Å². The van der Waals surface area contributed by atoms with Crippen LogP contribution in [0.4, 0.5) is 11.4 Å². The zero-order valence-electron chi connectivity index (χ0n) is 12.3. The van der Waals surface area contributed by atoms with Crippen molar-refractivity contribution < 1.29 is 0 Å². The first-order valence-electron chi connectivity index (χ1n) is 6.88. The van der Waals surface area contributed by atoms with Crippen LogP contribution in [0.25, 0.3) is 0 Å². The number of halogens is 1. The first-order chi connectivity index (χ1) is 9.59. The molecule has 0 aliphatic rings. The molecule has 0 spiro atoms. The number of nitrogens with one attached hydrogen (secondary N) is 2. The molecule has 2 rings (SSSR count). The predicted molar refractivity (Wildman–Crippen MR) is 89.1 cm³/mol. The van der Waals surface area contributed by atoms with Crippen LogP contribution in [0.15, 0.2) is 36.4 Å². The molecule has 0 heterocycles. The van der Waals surface area contributed by atoms with E-state index in [4.69, 9.17) is 11.6 Å². The van der Waals surface area contributed by atoms with Gasteiger partial charge in [0.1, 0.15) is 0 Å². The van der Waals surface area contributed by atoms with Crippen molar-refractivity contribution in [3.05, 3.63) is 58.1 Å². The number of hydrogen-bond donors (Lipinski definition) is 2. The van der Waals surface area contributed by atoms with E-state index in [9.17, 15) is 0 Å². The highest BCUT2D eigenvalue weighted by Crippen LogP contribution is 2.22. The van der Waals surface area contributed by atoms with Crippen molar-refractivity contribution in [3.63, 3.8) is 0 Å².